The van der Waals surface area contributed by atoms with E-state index in [1.807, 2.05) is 13.8 Å². The second-order valence-electron chi connectivity index (χ2n) is 7.07. The number of amides is 1. The Kier molecular flexibility index (Phi) is 11.9. The molecule has 0 radical (unpaired) electrons. The highest BCUT2D eigenvalue weighted by molar-refractivity contribution is 5.90. The molecule has 0 spiro atoms. The van der Waals surface area contributed by atoms with Crippen molar-refractivity contribution in [3.05, 3.63) is 71.8 Å². The van der Waals surface area contributed by atoms with Crippen molar-refractivity contribution in [2.75, 3.05) is 6.61 Å². The molecule has 32 heavy (non-hydrogen) atoms. The smallest absolute Gasteiger partial charge is 0.328 e. The molecule has 8 heteroatoms. The monoisotopic (exact) mass is 443 g/mol. The highest BCUT2D eigenvalue weighted by atomic mass is 16.8. The van der Waals surface area contributed by atoms with E-state index >= 15 is 0 Å². The molecule has 0 aromatic heterocycles. The number of rotatable bonds is 9. The summed E-state index contributed by atoms with van der Waals surface area (Å²) in [5.41, 5.74) is 3.84. The van der Waals surface area contributed by atoms with E-state index in [1.54, 1.807) is 49.4 Å². The summed E-state index contributed by atoms with van der Waals surface area (Å²) in [7, 11) is 0. The predicted octanol–water partition coefficient (Wildman–Crippen LogP) is 3.96. The number of hydrogen-bond donors (Lipinski definition) is 4. The molecule has 4 N–H and O–H groups in total. The summed E-state index contributed by atoms with van der Waals surface area (Å²) in [6.45, 7) is 6.35. The Balaban J connectivity index is 0.000000363. The third-order valence-corrected chi connectivity index (χ3v) is 3.62. The van der Waals surface area contributed by atoms with Gasteiger partial charge in [0.1, 0.15) is 11.5 Å². The van der Waals surface area contributed by atoms with Gasteiger partial charge in [0.25, 0.3) is 5.91 Å². The van der Waals surface area contributed by atoms with Crippen LogP contribution in [0, 0.1) is 5.92 Å². The molecule has 8 nitrogen and oxygen atoms in total. The van der Waals surface area contributed by atoms with Gasteiger partial charge in [-0.3, -0.25) is 4.79 Å². The highest BCUT2D eigenvalue weighted by Gasteiger charge is 2.05. The molecule has 2 rings (SSSR count). The maximum atomic E-state index is 11.5. The number of phenols is 2. The Morgan fingerprint density at radius 2 is 1.34 bits per heavy atom. The Morgan fingerprint density at radius 1 is 0.875 bits per heavy atom. The fraction of sp³-hybridized carbons (Fsp3) is 0.250. The number of aromatic hydroxyl groups is 2. The van der Waals surface area contributed by atoms with Crippen molar-refractivity contribution >= 4 is 24.0 Å². The van der Waals surface area contributed by atoms with Crippen LogP contribution in [-0.2, 0) is 19.2 Å². The number of ether oxygens (including phenoxy) is 1. The van der Waals surface area contributed by atoms with Gasteiger partial charge in [-0.15, -0.1) is 0 Å². The lowest BCUT2D eigenvalue weighted by atomic mass is 10.2. The van der Waals surface area contributed by atoms with E-state index in [-0.39, 0.29) is 17.4 Å². The second kappa shape index (κ2) is 14.4. The number of carboxylic acids is 1. The standard InChI is InChI=1S/C15H21NO4.C9H8O3/c1-11(2)10-19-12(3)20-16-15(18)9-6-13-4-7-14(17)8-5-13;10-8-4-1-7(2-5-8)3-6-9(11)12/h4-9,11-12,17H,10H2,1-3H3,(H,16,18);1-6,10H,(H,11,12)/b9-6+;. The summed E-state index contributed by atoms with van der Waals surface area (Å²) in [6.07, 6.45) is 4.98. The minimum absolute atomic E-state index is 0.169. The van der Waals surface area contributed by atoms with Crippen LogP contribution in [0.5, 0.6) is 11.5 Å². The number of hydrogen-bond acceptors (Lipinski definition) is 6. The van der Waals surface area contributed by atoms with Gasteiger partial charge in [0, 0.05) is 12.2 Å². The molecule has 172 valence electrons. The lowest BCUT2D eigenvalue weighted by Crippen LogP contribution is -2.29. The van der Waals surface area contributed by atoms with Crippen LogP contribution < -0.4 is 5.48 Å². The van der Waals surface area contributed by atoms with Crippen LogP contribution in [0.4, 0.5) is 0 Å². The van der Waals surface area contributed by atoms with E-state index in [2.05, 4.69) is 5.48 Å². The molecule has 2 aromatic carbocycles. The quantitative estimate of drug-likeness (QED) is 0.263. The summed E-state index contributed by atoms with van der Waals surface area (Å²) in [5, 5.41) is 26.3. The van der Waals surface area contributed by atoms with E-state index in [0.29, 0.717) is 12.5 Å². The van der Waals surface area contributed by atoms with E-state index < -0.39 is 12.3 Å². The van der Waals surface area contributed by atoms with Crippen molar-refractivity contribution in [3.8, 4) is 11.5 Å². The molecule has 0 heterocycles. The predicted molar refractivity (Wildman–Crippen MR) is 121 cm³/mol. The van der Waals surface area contributed by atoms with Gasteiger partial charge in [-0.25, -0.2) is 15.1 Å². The Labute approximate surface area is 187 Å². The summed E-state index contributed by atoms with van der Waals surface area (Å²) in [6, 6.07) is 12.8. The summed E-state index contributed by atoms with van der Waals surface area (Å²) >= 11 is 0. The molecule has 0 aliphatic carbocycles. The van der Waals surface area contributed by atoms with Crippen LogP contribution in [0.2, 0.25) is 0 Å². The Bertz CT molecular complexity index is 888. The van der Waals surface area contributed by atoms with Gasteiger partial charge in [0.15, 0.2) is 6.29 Å². The molecule has 0 bridgehead atoms. The van der Waals surface area contributed by atoms with Crippen molar-refractivity contribution in [2.24, 2.45) is 5.92 Å². The number of phenolic OH excluding ortho intramolecular Hbond substituents is 2. The number of carboxylic acid groups (broad SMARTS) is 1. The molecule has 1 unspecified atom stereocenters. The molecule has 0 aliphatic heterocycles. The third kappa shape index (κ3) is 12.8. The molecule has 0 saturated carbocycles. The minimum atomic E-state index is -0.983. The van der Waals surface area contributed by atoms with Crippen molar-refractivity contribution in [1.29, 1.82) is 0 Å². The maximum absolute atomic E-state index is 11.5. The van der Waals surface area contributed by atoms with Gasteiger partial charge >= 0.3 is 5.97 Å². The van der Waals surface area contributed by atoms with Gasteiger partial charge in [0.2, 0.25) is 0 Å². The number of benzene rings is 2. The van der Waals surface area contributed by atoms with Crippen molar-refractivity contribution in [1.82, 2.24) is 5.48 Å². The zero-order chi connectivity index (χ0) is 23.9. The molecular formula is C24H29NO7. The van der Waals surface area contributed by atoms with Crippen LogP contribution in [0.3, 0.4) is 0 Å². The SMILES string of the molecule is CC(C)COC(C)ONC(=O)/C=C/c1ccc(O)cc1.O=C(O)C=Cc1ccc(O)cc1. The van der Waals surface area contributed by atoms with Crippen molar-refractivity contribution in [2.45, 2.75) is 27.1 Å². The molecule has 0 saturated heterocycles. The van der Waals surface area contributed by atoms with E-state index in [0.717, 1.165) is 17.2 Å². The first-order valence-electron chi connectivity index (χ1n) is 9.90. The second-order valence-corrected chi connectivity index (χ2v) is 7.07. The maximum Gasteiger partial charge on any atom is 0.328 e. The number of hydroxylamine groups is 1. The zero-order valence-electron chi connectivity index (χ0n) is 18.3. The van der Waals surface area contributed by atoms with Gasteiger partial charge < -0.3 is 20.1 Å². The first kappa shape index (κ1) is 26.4. The lowest BCUT2D eigenvalue weighted by Gasteiger charge is -2.14. The first-order chi connectivity index (χ1) is 15.2. The van der Waals surface area contributed by atoms with Gasteiger partial charge in [-0.1, -0.05) is 38.1 Å². The topological polar surface area (TPSA) is 125 Å². The van der Waals surface area contributed by atoms with Gasteiger partial charge in [0.05, 0.1) is 6.61 Å². The molecule has 0 aliphatic rings. The lowest BCUT2D eigenvalue weighted by molar-refractivity contribution is -0.180. The van der Waals surface area contributed by atoms with E-state index in [4.69, 9.17) is 24.9 Å². The highest BCUT2D eigenvalue weighted by Crippen LogP contribution is 2.11. The van der Waals surface area contributed by atoms with Crippen LogP contribution in [-0.4, -0.2) is 40.1 Å². The number of nitrogens with one attached hydrogen (secondary N) is 1. The number of aliphatic carboxylic acids is 1. The average Bonchev–Trinajstić information content (AvgIpc) is 2.76. The first-order valence-corrected chi connectivity index (χ1v) is 9.90. The van der Waals surface area contributed by atoms with Gasteiger partial charge in [-0.2, -0.15) is 0 Å². The molecular weight excluding hydrogens is 414 g/mol. The van der Waals surface area contributed by atoms with E-state index in [1.165, 1.54) is 24.3 Å². The number of carbonyl (C=O) groups is 2. The van der Waals surface area contributed by atoms with Crippen LogP contribution >= 0.6 is 0 Å². The summed E-state index contributed by atoms with van der Waals surface area (Å²) in [4.78, 5) is 26.7. The normalized spacial score (nSPS) is 11.9. The van der Waals surface area contributed by atoms with Crippen molar-refractivity contribution in [3.63, 3.8) is 0 Å². The Morgan fingerprint density at radius 3 is 1.78 bits per heavy atom. The van der Waals surface area contributed by atoms with Crippen LogP contribution in [0.15, 0.2) is 60.7 Å². The summed E-state index contributed by atoms with van der Waals surface area (Å²) in [5.74, 6) is -0.596. The zero-order valence-corrected chi connectivity index (χ0v) is 18.3. The van der Waals surface area contributed by atoms with E-state index in [9.17, 15) is 9.59 Å². The van der Waals surface area contributed by atoms with Crippen molar-refractivity contribution < 1.29 is 34.5 Å². The number of carbonyl (C=O) groups excluding carboxylic acids is 1. The van der Waals surface area contributed by atoms with Crippen LogP contribution in [0.25, 0.3) is 12.2 Å². The molecule has 1 atom stereocenters. The van der Waals surface area contributed by atoms with Gasteiger partial charge in [-0.05, 0) is 60.4 Å². The average molecular weight is 443 g/mol. The molecule has 0 fully saturated rings. The largest absolute Gasteiger partial charge is 0.508 e. The molecule has 1 amide bonds. The fourth-order valence-electron chi connectivity index (χ4n) is 2.05. The summed E-state index contributed by atoms with van der Waals surface area (Å²) < 4.78 is 5.34. The third-order valence-electron chi connectivity index (χ3n) is 3.62. The van der Waals surface area contributed by atoms with Crippen LogP contribution in [0.1, 0.15) is 31.9 Å². The minimum Gasteiger partial charge on any atom is -0.508 e. The fourth-order valence-corrected chi connectivity index (χ4v) is 2.05. The Hall–Kier alpha value is -3.62. The molecule has 2 aromatic rings.